The summed E-state index contributed by atoms with van der Waals surface area (Å²) in [5, 5.41) is 0.650. The highest BCUT2D eigenvalue weighted by Gasteiger charge is 2.27. The predicted octanol–water partition coefficient (Wildman–Crippen LogP) is 4.35. The molecule has 0 N–H and O–H groups in total. The Bertz CT molecular complexity index is 922. The van der Waals surface area contributed by atoms with Crippen LogP contribution < -0.4 is 14.2 Å². The molecule has 0 aliphatic rings. The molecule has 0 saturated heterocycles. The molecule has 2 aromatic carbocycles. The number of rotatable bonds is 6. The van der Waals surface area contributed by atoms with Crippen molar-refractivity contribution in [2.24, 2.45) is 0 Å². The number of furan rings is 1. The lowest BCUT2D eigenvalue weighted by Gasteiger charge is -2.15. The minimum Gasteiger partial charge on any atom is -0.495 e. The summed E-state index contributed by atoms with van der Waals surface area (Å²) < 4.78 is 21.8. The molecule has 0 amide bonds. The van der Waals surface area contributed by atoms with Gasteiger partial charge in [0.15, 0.2) is 17.1 Å². The molecule has 1 heterocycles. The molecule has 0 fully saturated rings. The number of carbonyl (C=O) groups excluding carboxylic acids is 1. The summed E-state index contributed by atoms with van der Waals surface area (Å²) in [6, 6.07) is 11.3. The summed E-state index contributed by atoms with van der Waals surface area (Å²) in [5.74, 6) is 0.785. The Morgan fingerprint density at radius 3 is 2.24 bits per heavy atom. The van der Waals surface area contributed by atoms with E-state index in [1.165, 1.54) is 33.7 Å². The number of ether oxygens (including phenoxy) is 3. The number of allylic oxidation sites excluding steroid dienone is 1. The van der Waals surface area contributed by atoms with Crippen LogP contribution in [0.4, 0.5) is 0 Å². The Morgan fingerprint density at radius 2 is 1.60 bits per heavy atom. The van der Waals surface area contributed by atoms with E-state index in [1.807, 2.05) is 30.3 Å². The van der Waals surface area contributed by atoms with Crippen molar-refractivity contribution < 1.29 is 23.4 Å². The van der Waals surface area contributed by atoms with E-state index in [4.69, 9.17) is 18.6 Å². The number of hydrogen-bond acceptors (Lipinski definition) is 5. The van der Waals surface area contributed by atoms with Gasteiger partial charge in [-0.1, -0.05) is 36.4 Å². The smallest absolute Gasteiger partial charge is 0.205 e. The van der Waals surface area contributed by atoms with Crippen LogP contribution in [0.1, 0.15) is 15.9 Å². The van der Waals surface area contributed by atoms with Gasteiger partial charge in [0.2, 0.25) is 5.75 Å². The van der Waals surface area contributed by atoms with Crippen LogP contribution in [0.25, 0.3) is 17.0 Å². The van der Waals surface area contributed by atoms with E-state index in [9.17, 15) is 4.79 Å². The molecule has 0 aliphatic carbocycles. The summed E-state index contributed by atoms with van der Waals surface area (Å²) in [5.41, 5.74) is 1.69. The highest BCUT2D eigenvalue weighted by Crippen LogP contribution is 2.46. The largest absolute Gasteiger partial charge is 0.495 e. The molecule has 0 radical (unpaired) electrons. The lowest BCUT2D eigenvalue weighted by molar-refractivity contribution is 0.104. The fourth-order valence-corrected chi connectivity index (χ4v) is 2.75. The molecule has 0 atom stereocenters. The van der Waals surface area contributed by atoms with Crippen LogP contribution >= 0.6 is 0 Å². The van der Waals surface area contributed by atoms with Crippen molar-refractivity contribution in [3.63, 3.8) is 0 Å². The number of methoxy groups -OCH3 is 3. The summed E-state index contributed by atoms with van der Waals surface area (Å²) in [6.07, 6.45) is 4.75. The zero-order valence-electron chi connectivity index (χ0n) is 14.2. The Balaban J connectivity index is 2.16. The van der Waals surface area contributed by atoms with Crippen LogP contribution in [0, 0.1) is 0 Å². The lowest BCUT2D eigenvalue weighted by Crippen LogP contribution is -2.05. The Kier molecular flexibility index (Phi) is 4.75. The SMILES string of the molecule is COc1c(C(=O)C=Cc2ccccc2)c(OC)c2ccoc2c1OC. The van der Waals surface area contributed by atoms with Crippen molar-refractivity contribution in [3.05, 3.63) is 59.9 Å². The zero-order chi connectivity index (χ0) is 17.8. The van der Waals surface area contributed by atoms with Gasteiger partial charge in [0.05, 0.1) is 33.0 Å². The van der Waals surface area contributed by atoms with Gasteiger partial charge in [-0.15, -0.1) is 0 Å². The molecule has 128 valence electrons. The molecule has 3 rings (SSSR count). The van der Waals surface area contributed by atoms with Crippen LogP contribution in [0.2, 0.25) is 0 Å². The Morgan fingerprint density at radius 1 is 0.920 bits per heavy atom. The average Bonchev–Trinajstić information content (AvgIpc) is 3.14. The van der Waals surface area contributed by atoms with Gasteiger partial charge in [-0.3, -0.25) is 4.79 Å². The van der Waals surface area contributed by atoms with Crippen molar-refractivity contribution in [2.45, 2.75) is 0 Å². The molecule has 1 aromatic heterocycles. The van der Waals surface area contributed by atoms with Crippen molar-refractivity contribution in [1.82, 2.24) is 0 Å². The van der Waals surface area contributed by atoms with Crippen LogP contribution in [0.15, 0.2) is 53.2 Å². The topological polar surface area (TPSA) is 57.9 Å². The molecular formula is C20H18O5. The molecule has 0 aliphatic heterocycles. The number of fused-ring (bicyclic) bond motifs is 1. The second-order valence-corrected chi connectivity index (χ2v) is 5.25. The third-order valence-electron chi connectivity index (χ3n) is 3.86. The molecule has 3 aromatic rings. The Hall–Kier alpha value is -3.21. The van der Waals surface area contributed by atoms with E-state index in [1.54, 1.807) is 12.1 Å². The van der Waals surface area contributed by atoms with Crippen LogP contribution in [0.5, 0.6) is 17.2 Å². The van der Waals surface area contributed by atoms with Gasteiger partial charge in [-0.05, 0) is 17.7 Å². The van der Waals surface area contributed by atoms with Gasteiger partial charge in [-0.25, -0.2) is 0 Å². The van der Waals surface area contributed by atoms with Crippen LogP contribution in [0.3, 0.4) is 0 Å². The van der Waals surface area contributed by atoms with Gasteiger partial charge >= 0.3 is 0 Å². The highest BCUT2D eigenvalue weighted by atomic mass is 16.5. The molecular weight excluding hydrogens is 320 g/mol. The monoisotopic (exact) mass is 338 g/mol. The molecule has 25 heavy (non-hydrogen) atoms. The maximum atomic E-state index is 12.9. The highest BCUT2D eigenvalue weighted by molar-refractivity contribution is 6.15. The van der Waals surface area contributed by atoms with Gasteiger partial charge in [0, 0.05) is 0 Å². The summed E-state index contributed by atoms with van der Waals surface area (Å²) in [6.45, 7) is 0. The normalized spacial score (nSPS) is 11.0. The average molecular weight is 338 g/mol. The molecule has 5 heteroatoms. The standard InChI is InChI=1S/C20H18O5/c1-22-17-14-11-12-25-18(14)20(24-3)19(23-2)16(17)15(21)10-9-13-7-5-4-6-8-13/h4-12H,1-3H3. The summed E-state index contributed by atoms with van der Waals surface area (Å²) >= 11 is 0. The van der Waals surface area contributed by atoms with E-state index in [2.05, 4.69) is 0 Å². The Labute approximate surface area is 145 Å². The predicted molar refractivity (Wildman–Crippen MR) is 95.7 cm³/mol. The second-order valence-electron chi connectivity index (χ2n) is 5.25. The van der Waals surface area contributed by atoms with Gasteiger partial charge < -0.3 is 18.6 Å². The maximum Gasteiger partial charge on any atom is 0.205 e. The summed E-state index contributed by atoms with van der Waals surface area (Å²) in [7, 11) is 4.48. The first-order valence-electron chi connectivity index (χ1n) is 7.67. The van der Waals surface area contributed by atoms with Gasteiger partial charge in [0.1, 0.15) is 11.3 Å². The van der Waals surface area contributed by atoms with Crippen LogP contribution in [-0.2, 0) is 0 Å². The van der Waals surface area contributed by atoms with Gasteiger partial charge in [-0.2, -0.15) is 0 Å². The summed E-state index contributed by atoms with van der Waals surface area (Å²) in [4.78, 5) is 12.9. The van der Waals surface area contributed by atoms with Crippen molar-refractivity contribution in [2.75, 3.05) is 21.3 Å². The molecule has 0 unspecified atom stereocenters. The number of carbonyl (C=O) groups is 1. The van der Waals surface area contributed by atoms with E-state index in [-0.39, 0.29) is 11.5 Å². The molecule has 0 bridgehead atoms. The van der Waals surface area contributed by atoms with Crippen molar-refractivity contribution >= 4 is 22.8 Å². The first kappa shape index (κ1) is 16.6. The van der Waals surface area contributed by atoms with E-state index < -0.39 is 0 Å². The number of ketones is 1. The van der Waals surface area contributed by atoms with Gasteiger partial charge in [0.25, 0.3) is 0 Å². The molecule has 0 spiro atoms. The van der Waals surface area contributed by atoms with E-state index in [0.717, 1.165) is 5.56 Å². The lowest BCUT2D eigenvalue weighted by atomic mass is 10.0. The third kappa shape index (κ3) is 2.96. The minimum atomic E-state index is -0.251. The first-order chi connectivity index (χ1) is 12.2. The molecule has 5 nitrogen and oxygen atoms in total. The van der Waals surface area contributed by atoms with Crippen molar-refractivity contribution in [1.29, 1.82) is 0 Å². The first-order valence-corrected chi connectivity index (χ1v) is 7.67. The quantitative estimate of drug-likeness (QED) is 0.494. The fourth-order valence-electron chi connectivity index (χ4n) is 2.75. The van der Waals surface area contributed by atoms with Crippen LogP contribution in [-0.4, -0.2) is 27.1 Å². The molecule has 0 saturated carbocycles. The maximum absolute atomic E-state index is 12.9. The minimum absolute atomic E-state index is 0.251. The van der Waals surface area contributed by atoms with E-state index in [0.29, 0.717) is 28.0 Å². The fraction of sp³-hybridized carbons (Fsp3) is 0.150. The number of benzene rings is 2. The third-order valence-corrected chi connectivity index (χ3v) is 3.86. The number of hydrogen-bond donors (Lipinski definition) is 0. The van der Waals surface area contributed by atoms with Crippen molar-refractivity contribution in [3.8, 4) is 17.2 Å². The van der Waals surface area contributed by atoms with E-state index >= 15 is 0 Å². The second kappa shape index (κ2) is 7.13. The zero-order valence-corrected chi connectivity index (χ0v) is 14.2.